The third kappa shape index (κ3) is 5.57. The van der Waals surface area contributed by atoms with Gasteiger partial charge in [0.05, 0.1) is 17.5 Å². The zero-order valence-electron chi connectivity index (χ0n) is 21.2. The number of hydrogen-bond acceptors (Lipinski definition) is 7. The number of nitrogens with one attached hydrogen (secondary N) is 2. The molecule has 1 fully saturated rings. The maximum Gasteiger partial charge on any atom is 0.208 e. The van der Waals surface area contributed by atoms with Gasteiger partial charge in [0.25, 0.3) is 0 Å². The van der Waals surface area contributed by atoms with Crippen LogP contribution in [0.25, 0.3) is 33.4 Å². The van der Waals surface area contributed by atoms with Crippen LogP contribution in [0, 0.1) is 29.3 Å². The molecule has 1 saturated heterocycles. The highest BCUT2D eigenvalue weighted by Gasteiger charge is 2.21. The first-order valence-corrected chi connectivity index (χ1v) is 13.0. The van der Waals surface area contributed by atoms with E-state index >= 15 is 0 Å². The Hall–Kier alpha value is -4.79. The number of aromatic nitrogens is 2. The number of allylic oxidation sites excluding steroid dienone is 1. The van der Waals surface area contributed by atoms with Crippen molar-refractivity contribution in [2.45, 2.75) is 31.6 Å². The highest BCUT2D eigenvalue weighted by Crippen LogP contribution is 2.32. The topological polar surface area (TPSA) is 89.2 Å². The zero-order valence-corrected chi connectivity index (χ0v) is 21.2. The molecule has 0 radical (unpaired) electrons. The van der Waals surface area contributed by atoms with Gasteiger partial charge in [-0.25, -0.2) is 14.4 Å². The van der Waals surface area contributed by atoms with Crippen molar-refractivity contribution < 1.29 is 4.39 Å². The van der Waals surface area contributed by atoms with Crippen LogP contribution < -0.4 is 10.6 Å². The molecule has 7 nitrogen and oxygen atoms in total. The molecule has 4 heterocycles. The molecule has 0 amide bonds. The quantitative estimate of drug-likeness (QED) is 0.390. The number of nitriles is 1. The van der Waals surface area contributed by atoms with Crippen LogP contribution in [0.2, 0.25) is 0 Å². The minimum Gasteiger partial charge on any atom is -0.369 e. The number of piperidine rings is 1. The van der Waals surface area contributed by atoms with Gasteiger partial charge in [0, 0.05) is 48.4 Å². The molecule has 39 heavy (non-hydrogen) atoms. The molecule has 2 N–H and O–H groups in total. The van der Waals surface area contributed by atoms with Gasteiger partial charge < -0.3 is 10.6 Å². The Kier molecular flexibility index (Phi) is 6.86. The second-order valence-corrected chi connectivity index (χ2v) is 9.72. The number of benzene rings is 1. The molecule has 0 aliphatic carbocycles. The van der Waals surface area contributed by atoms with E-state index in [9.17, 15) is 4.39 Å². The Balaban J connectivity index is 1.15. The second-order valence-electron chi connectivity index (χ2n) is 9.72. The standard InChI is InChI=1S/C31H26FN7/c32-25-16-24-17-27(22-4-2-1-3-5-22)30(38-31(24)35-19-25)23-8-6-21(7-9-23)20-39-14-11-26(12-15-39)36-28-10-13-34-29(18-33)37-28/h1-6,8,10,13,16-17,19,26,29,36-37H,11-12,14-15,20H2. The maximum atomic E-state index is 13.9. The Morgan fingerprint density at radius 2 is 1.95 bits per heavy atom. The zero-order chi connectivity index (χ0) is 26.6. The summed E-state index contributed by atoms with van der Waals surface area (Å²) in [6.07, 6.45) is 6.21. The minimum atomic E-state index is -0.528. The van der Waals surface area contributed by atoms with E-state index in [-0.39, 0.29) is 5.82 Å². The lowest BCUT2D eigenvalue weighted by Gasteiger charge is -2.33. The largest absolute Gasteiger partial charge is 0.369 e. The van der Waals surface area contributed by atoms with E-state index in [4.69, 9.17) is 10.2 Å². The molecule has 6 rings (SSSR count). The highest BCUT2D eigenvalue weighted by atomic mass is 19.1. The molecule has 1 atom stereocenters. The first-order chi connectivity index (χ1) is 19.1. The first kappa shape index (κ1) is 24.5. The third-order valence-corrected chi connectivity index (χ3v) is 7.02. The number of halogens is 1. The number of rotatable bonds is 6. The van der Waals surface area contributed by atoms with Gasteiger partial charge in [0.1, 0.15) is 17.7 Å². The van der Waals surface area contributed by atoms with E-state index in [1.165, 1.54) is 12.3 Å². The molecule has 192 valence electrons. The molecular weight excluding hydrogens is 489 g/mol. The van der Waals surface area contributed by atoms with Crippen molar-refractivity contribution >= 4 is 17.2 Å². The van der Waals surface area contributed by atoms with Crippen LogP contribution in [0.1, 0.15) is 18.4 Å². The van der Waals surface area contributed by atoms with Crippen molar-refractivity contribution in [1.29, 1.82) is 5.26 Å². The van der Waals surface area contributed by atoms with Gasteiger partial charge in [0.2, 0.25) is 6.17 Å². The fraction of sp³-hybridized carbons (Fsp3) is 0.226. The molecule has 4 aromatic rings. The van der Waals surface area contributed by atoms with Crippen molar-refractivity contribution in [3.8, 4) is 28.5 Å². The average molecular weight is 516 g/mol. The van der Waals surface area contributed by atoms with E-state index in [1.807, 2.05) is 48.5 Å². The van der Waals surface area contributed by atoms with E-state index in [0.717, 1.165) is 66.2 Å². The summed E-state index contributed by atoms with van der Waals surface area (Å²) in [7, 11) is 0. The summed E-state index contributed by atoms with van der Waals surface area (Å²) in [6.45, 7) is 2.72. The van der Waals surface area contributed by atoms with Gasteiger partial charge in [-0.15, -0.1) is 0 Å². The molecule has 0 bridgehead atoms. The smallest absolute Gasteiger partial charge is 0.208 e. The van der Waals surface area contributed by atoms with Crippen molar-refractivity contribution in [1.82, 2.24) is 25.5 Å². The van der Waals surface area contributed by atoms with Crippen LogP contribution in [0.5, 0.6) is 0 Å². The Labute approximate surface area is 226 Å². The number of aliphatic imine (C=N–C) groups is 1. The molecule has 2 aliphatic heterocycles. The summed E-state index contributed by atoms with van der Waals surface area (Å²) in [4.78, 5) is 15.5. The lowest BCUT2D eigenvalue weighted by atomic mass is 9.98. The molecule has 2 aliphatic rings. The fourth-order valence-electron chi connectivity index (χ4n) is 5.01. The van der Waals surface area contributed by atoms with Gasteiger partial charge in [-0.1, -0.05) is 42.5 Å². The lowest BCUT2D eigenvalue weighted by Crippen LogP contribution is -2.45. The number of nitrogens with zero attached hydrogens (tertiary/aromatic N) is 5. The predicted octanol–water partition coefficient (Wildman–Crippen LogP) is 4.62. The summed E-state index contributed by atoms with van der Waals surface area (Å²) >= 11 is 0. The van der Waals surface area contributed by atoms with Crippen LogP contribution >= 0.6 is 0 Å². The average Bonchev–Trinajstić information content (AvgIpc) is 2.98. The molecule has 1 unspecified atom stereocenters. The summed E-state index contributed by atoms with van der Waals surface area (Å²) in [5.41, 5.74) is 5.02. The molecule has 8 heteroatoms. The molecule has 2 aromatic heterocycles. The SMILES string of the molecule is N#CC1N=CC=C(NC2CCN(Cc3c#cc(-c4nc5ncc(F)cc5cc4-c4ccccc4)cc3)CC2)N1. The highest BCUT2D eigenvalue weighted by molar-refractivity contribution is 5.89. The summed E-state index contributed by atoms with van der Waals surface area (Å²) in [5, 5.41) is 16.3. The number of pyridine rings is 2. The minimum absolute atomic E-state index is 0.348. The predicted molar refractivity (Wildman–Crippen MR) is 149 cm³/mol. The van der Waals surface area contributed by atoms with E-state index < -0.39 is 6.17 Å². The van der Waals surface area contributed by atoms with Gasteiger partial charge in [-0.05, 0) is 48.7 Å². The van der Waals surface area contributed by atoms with Crippen molar-refractivity contribution in [3.63, 3.8) is 0 Å². The lowest BCUT2D eigenvalue weighted by molar-refractivity contribution is 0.194. The van der Waals surface area contributed by atoms with Gasteiger partial charge in [-0.3, -0.25) is 9.89 Å². The fourth-order valence-corrected chi connectivity index (χ4v) is 5.01. The van der Waals surface area contributed by atoms with Crippen molar-refractivity contribution in [2.75, 3.05) is 13.1 Å². The van der Waals surface area contributed by atoms with Crippen molar-refractivity contribution in [2.24, 2.45) is 4.99 Å². The number of likely N-dealkylation sites (tertiary alicyclic amines) is 1. The molecule has 0 saturated carbocycles. The van der Waals surface area contributed by atoms with Gasteiger partial charge in [0.15, 0.2) is 5.65 Å². The monoisotopic (exact) mass is 515 g/mol. The second kappa shape index (κ2) is 10.9. The van der Waals surface area contributed by atoms with Crippen molar-refractivity contribution in [3.05, 3.63) is 96.2 Å². The maximum absolute atomic E-state index is 13.9. The normalized spacial score (nSPS) is 17.6. The summed E-state index contributed by atoms with van der Waals surface area (Å²) < 4.78 is 13.9. The van der Waals surface area contributed by atoms with E-state index in [0.29, 0.717) is 17.1 Å². The van der Waals surface area contributed by atoms with Gasteiger partial charge >= 0.3 is 0 Å². The summed E-state index contributed by atoms with van der Waals surface area (Å²) in [5.74, 6) is 0.469. The summed E-state index contributed by atoms with van der Waals surface area (Å²) in [6, 6.07) is 26.6. The third-order valence-electron chi connectivity index (χ3n) is 7.02. The van der Waals surface area contributed by atoms with E-state index in [1.54, 1.807) is 6.21 Å². The van der Waals surface area contributed by atoms with Crippen LogP contribution in [0.4, 0.5) is 4.39 Å². The molecular formula is C31H26FN7. The number of hydrogen-bond donors (Lipinski definition) is 2. The van der Waals surface area contributed by atoms with Crippen LogP contribution in [-0.4, -0.2) is 46.4 Å². The Bertz CT molecular complexity index is 1570. The van der Waals surface area contributed by atoms with Crippen LogP contribution in [-0.2, 0) is 6.54 Å². The number of fused-ring (bicyclic) bond motifs is 1. The van der Waals surface area contributed by atoms with Crippen LogP contribution in [0.15, 0.2) is 77.7 Å². The van der Waals surface area contributed by atoms with Crippen LogP contribution in [0.3, 0.4) is 0 Å². The Morgan fingerprint density at radius 3 is 2.72 bits per heavy atom. The Morgan fingerprint density at radius 1 is 1.10 bits per heavy atom. The molecule has 2 aromatic carbocycles. The van der Waals surface area contributed by atoms with E-state index in [2.05, 4.69) is 49.8 Å². The first-order valence-electron chi connectivity index (χ1n) is 13.0. The molecule has 0 spiro atoms. The van der Waals surface area contributed by atoms with Gasteiger partial charge in [-0.2, -0.15) is 5.26 Å².